The molecular weight excluding hydrogens is 236 g/mol. The second-order valence-electron chi connectivity index (χ2n) is 5.14. The van der Waals surface area contributed by atoms with E-state index < -0.39 is 0 Å². The average Bonchev–Trinajstić information content (AvgIpc) is 2.38. The van der Waals surface area contributed by atoms with Crippen molar-refractivity contribution in [2.75, 3.05) is 24.7 Å². The van der Waals surface area contributed by atoms with Crippen molar-refractivity contribution in [2.24, 2.45) is 0 Å². The number of benzene rings is 1. The molecule has 0 spiro atoms. The topological polar surface area (TPSA) is 55.0 Å². The molecular formula is C15H20N4. The van der Waals surface area contributed by atoms with Crippen LogP contribution in [0.5, 0.6) is 0 Å². The molecule has 1 heterocycles. The Morgan fingerprint density at radius 2 is 1.68 bits per heavy atom. The van der Waals surface area contributed by atoms with Gasteiger partial charge in [0.2, 0.25) is 0 Å². The minimum absolute atomic E-state index is 0.338. The lowest BCUT2D eigenvalue weighted by Crippen LogP contribution is -2.08. The maximum atomic E-state index is 5.85. The molecule has 100 valence electrons. The molecule has 0 saturated carbocycles. The fraction of sp³-hybridized carbons (Fsp3) is 0.333. The SMILES string of the molecule is CC(C)c1cc(N)nc(-c2ccc(N(C)C)cc2)n1. The van der Waals surface area contributed by atoms with Crippen molar-refractivity contribution >= 4 is 11.5 Å². The van der Waals surface area contributed by atoms with E-state index in [1.807, 2.05) is 32.3 Å². The summed E-state index contributed by atoms with van der Waals surface area (Å²) in [6, 6.07) is 9.98. The van der Waals surface area contributed by atoms with Crippen molar-refractivity contribution < 1.29 is 0 Å². The van der Waals surface area contributed by atoms with E-state index in [4.69, 9.17) is 5.73 Å². The summed E-state index contributed by atoms with van der Waals surface area (Å²) in [6.07, 6.45) is 0. The predicted octanol–water partition coefficient (Wildman–Crippen LogP) is 2.92. The third-order valence-corrected chi connectivity index (χ3v) is 3.00. The van der Waals surface area contributed by atoms with Crippen LogP contribution >= 0.6 is 0 Å². The summed E-state index contributed by atoms with van der Waals surface area (Å²) >= 11 is 0. The first-order valence-electron chi connectivity index (χ1n) is 6.39. The number of anilines is 2. The van der Waals surface area contributed by atoms with Gasteiger partial charge in [0.05, 0.1) is 0 Å². The molecule has 0 unspecified atom stereocenters. The summed E-state index contributed by atoms with van der Waals surface area (Å²) in [4.78, 5) is 10.9. The molecule has 0 saturated heterocycles. The quantitative estimate of drug-likeness (QED) is 0.917. The Morgan fingerprint density at radius 1 is 1.05 bits per heavy atom. The van der Waals surface area contributed by atoms with Gasteiger partial charge in [0, 0.05) is 37.1 Å². The number of hydrogen-bond donors (Lipinski definition) is 1. The van der Waals surface area contributed by atoms with Crippen LogP contribution in [-0.4, -0.2) is 24.1 Å². The maximum Gasteiger partial charge on any atom is 0.161 e. The Bertz CT molecular complexity index is 559. The lowest BCUT2D eigenvalue weighted by molar-refractivity contribution is 0.818. The molecule has 1 aromatic carbocycles. The zero-order valence-corrected chi connectivity index (χ0v) is 11.9. The van der Waals surface area contributed by atoms with Gasteiger partial charge in [-0.25, -0.2) is 9.97 Å². The van der Waals surface area contributed by atoms with E-state index in [1.165, 1.54) is 0 Å². The van der Waals surface area contributed by atoms with Crippen molar-refractivity contribution in [3.63, 3.8) is 0 Å². The highest BCUT2D eigenvalue weighted by Gasteiger charge is 2.08. The van der Waals surface area contributed by atoms with E-state index in [2.05, 4.69) is 40.8 Å². The summed E-state index contributed by atoms with van der Waals surface area (Å²) in [5.41, 5.74) is 8.96. The number of hydrogen-bond acceptors (Lipinski definition) is 4. The minimum atomic E-state index is 0.338. The lowest BCUT2D eigenvalue weighted by atomic mass is 10.1. The van der Waals surface area contributed by atoms with Crippen LogP contribution in [-0.2, 0) is 0 Å². The van der Waals surface area contributed by atoms with E-state index in [0.717, 1.165) is 16.9 Å². The number of nitrogens with two attached hydrogens (primary N) is 1. The van der Waals surface area contributed by atoms with Crippen LogP contribution in [0.3, 0.4) is 0 Å². The molecule has 0 aliphatic carbocycles. The average molecular weight is 256 g/mol. The van der Waals surface area contributed by atoms with Gasteiger partial charge in [-0.2, -0.15) is 0 Å². The second kappa shape index (κ2) is 5.26. The first-order chi connectivity index (χ1) is 8.97. The van der Waals surface area contributed by atoms with Gasteiger partial charge in [0.15, 0.2) is 5.82 Å². The van der Waals surface area contributed by atoms with Gasteiger partial charge in [-0.1, -0.05) is 13.8 Å². The molecule has 2 rings (SSSR count). The molecule has 4 nitrogen and oxygen atoms in total. The van der Waals surface area contributed by atoms with Gasteiger partial charge in [-0.15, -0.1) is 0 Å². The van der Waals surface area contributed by atoms with Gasteiger partial charge in [0.25, 0.3) is 0 Å². The molecule has 0 aliphatic heterocycles. The summed E-state index contributed by atoms with van der Waals surface area (Å²) in [5.74, 6) is 1.55. The summed E-state index contributed by atoms with van der Waals surface area (Å²) in [6.45, 7) is 4.20. The Kier molecular flexibility index (Phi) is 3.69. The lowest BCUT2D eigenvalue weighted by Gasteiger charge is -2.13. The smallest absolute Gasteiger partial charge is 0.161 e. The standard InChI is InChI=1S/C15H20N4/c1-10(2)13-9-14(16)18-15(17-13)11-5-7-12(8-6-11)19(3)4/h5-10H,1-4H3,(H2,16,17,18). The Balaban J connectivity index is 2.41. The highest BCUT2D eigenvalue weighted by atomic mass is 15.1. The van der Waals surface area contributed by atoms with Crippen molar-refractivity contribution in [3.05, 3.63) is 36.0 Å². The van der Waals surface area contributed by atoms with Gasteiger partial charge in [-0.05, 0) is 30.2 Å². The van der Waals surface area contributed by atoms with Crippen LogP contribution in [0.1, 0.15) is 25.5 Å². The van der Waals surface area contributed by atoms with Crippen LogP contribution in [0.15, 0.2) is 30.3 Å². The Labute approximate surface area is 114 Å². The summed E-state index contributed by atoms with van der Waals surface area (Å²) < 4.78 is 0. The Morgan fingerprint density at radius 3 is 2.21 bits per heavy atom. The van der Waals surface area contributed by atoms with E-state index in [9.17, 15) is 0 Å². The van der Waals surface area contributed by atoms with Crippen LogP contribution in [0.4, 0.5) is 11.5 Å². The van der Waals surface area contributed by atoms with Gasteiger partial charge < -0.3 is 10.6 Å². The maximum absolute atomic E-state index is 5.85. The van der Waals surface area contributed by atoms with Gasteiger partial charge >= 0.3 is 0 Å². The molecule has 0 fully saturated rings. The number of nitrogen functional groups attached to an aromatic ring is 1. The van der Waals surface area contributed by atoms with E-state index in [0.29, 0.717) is 17.6 Å². The highest BCUT2D eigenvalue weighted by Crippen LogP contribution is 2.22. The molecule has 0 radical (unpaired) electrons. The van der Waals surface area contributed by atoms with Crippen molar-refractivity contribution in [1.82, 2.24) is 9.97 Å². The van der Waals surface area contributed by atoms with Crippen molar-refractivity contribution in [3.8, 4) is 11.4 Å². The highest BCUT2D eigenvalue weighted by molar-refractivity contribution is 5.61. The fourth-order valence-electron chi connectivity index (χ4n) is 1.82. The summed E-state index contributed by atoms with van der Waals surface area (Å²) in [7, 11) is 4.03. The first kappa shape index (κ1) is 13.3. The molecule has 2 N–H and O–H groups in total. The fourth-order valence-corrected chi connectivity index (χ4v) is 1.82. The third kappa shape index (κ3) is 3.02. The molecule has 0 aliphatic rings. The van der Waals surface area contributed by atoms with Crippen molar-refractivity contribution in [2.45, 2.75) is 19.8 Å². The van der Waals surface area contributed by atoms with E-state index in [1.54, 1.807) is 0 Å². The number of aromatic nitrogens is 2. The van der Waals surface area contributed by atoms with Gasteiger partial charge in [0.1, 0.15) is 5.82 Å². The van der Waals surface area contributed by atoms with E-state index >= 15 is 0 Å². The summed E-state index contributed by atoms with van der Waals surface area (Å²) in [5, 5.41) is 0. The normalized spacial score (nSPS) is 10.8. The third-order valence-electron chi connectivity index (χ3n) is 3.00. The zero-order valence-electron chi connectivity index (χ0n) is 11.9. The molecule has 19 heavy (non-hydrogen) atoms. The predicted molar refractivity (Wildman–Crippen MR) is 80.3 cm³/mol. The van der Waals surface area contributed by atoms with Gasteiger partial charge in [-0.3, -0.25) is 0 Å². The molecule has 0 amide bonds. The molecule has 0 atom stereocenters. The molecule has 4 heteroatoms. The Hall–Kier alpha value is -2.10. The van der Waals surface area contributed by atoms with Crippen molar-refractivity contribution in [1.29, 1.82) is 0 Å². The zero-order chi connectivity index (χ0) is 14.0. The monoisotopic (exact) mass is 256 g/mol. The van der Waals surface area contributed by atoms with Crippen LogP contribution < -0.4 is 10.6 Å². The molecule has 1 aromatic heterocycles. The number of nitrogens with zero attached hydrogens (tertiary/aromatic N) is 3. The van der Waals surface area contributed by atoms with Crippen LogP contribution in [0, 0.1) is 0 Å². The van der Waals surface area contributed by atoms with E-state index in [-0.39, 0.29) is 0 Å². The first-order valence-corrected chi connectivity index (χ1v) is 6.39. The largest absolute Gasteiger partial charge is 0.384 e. The molecule has 2 aromatic rings. The van der Waals surface area contributed by atoms with Crippen LogP contribution in [0.2, 0.25) is 0 Å². The minimum Gasteiger partial charge on any atom is -0.384 e. The number of rotatable bonds is 3. The molecule has 0 bridgehead atoms. The second-order valence-corrected chi connectivity index (χ2v) is 5.14. The van der Waals surface area contributed by atoms with Crippen LogP contribution in [0.25, 0.3) is 11.4 Å².